The summed E-state index contributed by atoms with van der Waals surface area (Å²) in [5.41, 5.74) is 2.89. The van der Waals surface area contributed by atoms with Crippen molar-refractivity contribution in [2.45, 2.75) is 52.4 Å². The van der Waals surface area contributed by atoms with Gasteiger partial charge in [0.1, 0.15) is 0 Å². The molecule has 1 aliphatic rings. The molecular formula is C18H29N. The van der Waals surface area contributed by atoms with Crippen LogP contribution in [0.4, 0.5) is 0 Å². The monoisotopic (exact) mass is 259 g/mol. The zero-order chi connectivity index (χ0) is 13.5. The summed E-state index contributed by atoms with van der Waals surface area (Å²) in [6.45, 7) is 6.82. The van der Waals surface area contributed by atoms with E-state index in [1.165, 1.54) is 62.7 Å². The lowest BCUT2D eigenvalue weighted by atomic mass is 9.76. The van der Waals surface area contributed by atoms with E-state index in [2.05, 4.69) is 43.4 Å². The molecule has 2 rings (SSSR count). The first-order chi connectivity index (χ1) is 9.29. The van der Waals surface area contributed by atoms with Gasteiger partial charge in [-0.05, 0) is 63.1 Å². The fourth-order valence-electron chi connectivity index (χ4n) is 3.31. The van der Waals surface area contributed by atoms with Crippen LogP contribution in [0.1, 0.15) is 50.2 Å². The number of aryl methyl sites for hydroxylation is 1. The van der Waals surface area contributed by atoms with Crippen molar-refractivity contribution in [1.82, 2.24) is 5.32 Å². The van der Waals surface area contributed by atoms with E-state index in [0.717, 1.165) is 11.8 Å². The second-order valence-electron chi connectivity index (χ2n) is 6.20. The lowest BCUT2D eigenvalue weighted by Gasteiger charge is -2.32. The topological polar surface area (TPSA) is 12.0 Å². The quantitative estimate of drug-likeness (QED) is 0.749. The van der Waals surface area contributed by atoms with Crippen molar-refractivity contribution in [3.63, 3.8) is 0 Å². The van der Waals surface area contributed by atoms with Crippen LogP contribution in [0.25, 0.3) is 0 Å². The minimum Gasteiger partial charge on any atom is -0.316 e. The van der Waals surface area contributed by atoms with Crippen LogP contribution < -0.4 is 5.32 Å². The van der Waals surface area contributed by atoms with E-state index in [1.807, 2.05) is 0 Å². The molecule has 1 aromatic rings. The molecule has 0 heterocycles. The van der Waals surface area contributed by atoms with Crippen LogP contribution >= 0.6 is 0 Å². The predicted molar refractivity (Wildman–Crippen MR) is 83.5 cm³/mol. The Morgan fingerprint density at radius 2 is 1.74 bits per heavy atom. The van der Waals surface area contributed by atoms with Gasteiger partial charge in [-0.1, -0.05) is 49.6 Å². The van der Waals surface area contributed by atoms with Gasteiger partial charge >= 0.3 is 0 Å². The van der Waals surface area contributed by atoms with E-state index >= 15 is 0 Å². The predicted octanol–water partition coefficient (Wildman–Crippen LogP) is 4.34. The highest BCUT2D eigenvalue weighted by molar-refractivity contribution is 5.21. The Kier molecular flexibility index (Phi) is 5.91. The van der Waals surface area contributed by atoms with Gasteiger partial charge in [0.2, 0.25) is 0 Å². The van der Waals surface area contributed by atoms with Gasteiger partial charge in [-0.25, -0.2) is 0 Å². The smallest absolute Gasteiger partial charge is 0.00178 e. The van der Waals surface area contributed by atoms with E-state index in [1.54, 1.807) is 0 Å². The van der Waals surface area contributed by atoms with Gasteiger partial charge in [0, 0.05) is 0 Å². The van der Waals surface area contributed by atoms with Crippen LogP contribution in [0.2, 0.25) is 0 Å². The Hall–Kier alpha value is -0.820. The molecule has 106 valence electrons. The molecule has 1 aromatic carbocycles. The van der Waals surface area contributed by atoms with Crippen LogP contribution in [0.3, 0.4) is 0 Å². The first-order valence-corrected chi connectivity index (χ1v) is 8.06. The van der Waals surface area contributed by atoms with Crippen molar-refractivity contribution in [3.8, 4) is 0 Å². The molecule has 0 radical (unpaired) electrons. The Balaban J connectivity index is 1.89. The molecule has 0 saturated heterocycles. The molecule has 1 heteroatoms. The Morgan fingerprint density at radius 3 is 2.42 bits per heavy atom. The molecule has 1 aliphatic carbocycles. The summed E-state index contributed by atoms with van der Waals surface area (Å²) in [6.07, 6.45) is 8.23. The Bertz CT molecular complexity index is 354. The van der Waals surface area contributed by atoms with Crippen LogP contribution in [-0.2, 0) is 6.42 Å². The van der Waals surface area contributed by atoms with Crippen molar-refractivity contribution < 1.29 is 0 Å². The second-order valence-corrected chi connectivity index (χ2v) is 6.20. The molecule has 2 atom stereocenters. The minimum absolute atomic E-state index is 0.890. The number of benzene rings is 1. The fourth-order valence-corrected chi connectivity index (χ4v) is 3.31. The van der Waals surface area contributed by atoms with Crippen molar-refractivity contribution in [2.24, 2.45) is 11.8 Å². The average Bonchev–Trinajstić information content (AvgIpc) is 2.43. The zero-order valence-electron chi connectivity index (χ0n) is 12.6. The first kappa shape index (κ1) is 14.6. The highest BCUT2D eigenvalue weighted by atomic mass is 14.9. The average molecular weight is 259 g/mol. The summed E-state index contributed by atoms with van der Waals surface area (Å²) in [4.78, 5) is 0. The molecule has 1 N–H and O–H groups in total. The third-order valence-corrected chi connectivity index (χ3v) is 4.52. The van der Waals surface area contributed by atoms with E-state index in [0.29, 0.717) is 0 Å². The van der Waals surface area contributed by atoms with Crippen molar-refractivity contribution >= 4 is 0 Å². The molecule has 0 amide bonds. The summed E-state index contributed by atoms with van der Waals surface area (Å²) in [7, 11) is 0. The molecule has 1 fully saturated rings. The zero-order valence-corrected chi connectivity index (χ0v) is 12.6. The fraction of sp³-hybridized carbons (Fsp3) is 0.667. The second kappa shape index (κ2) is 7.69. The van der Waals surface area contributed by atoms with Gasteiger partial charge in [0.15, 0.2) is 0 Å². The number of nitrogens with one attached hydrogen (secondary N) is 1. The highest BCUT2D eigenvalue weighted by Crippen LogP contribution is 2.32. The third kappa shape index (κ3) is 4.65. The maximum atomic E-state index is 3.63. The molecule has 19 heavy (non-hydrogen) atoms. The highest BCUT2D eigenvalue weighted by Gasteiger charge is 2.24. The molecule has 0 spiro atoms. The van der Waals surface area contributed by atoms with Gasteiger partial charge in [0.25, 0.3) is 0 Å². The van der Waals surface area contributed by atoms with Gasteiger partial charge in [-0.3, -0.25) is 0 Å². The van der Waals surface area contributed by atoms with E-state index in [-0.39, 0.29) is 0 Å². The number of hydrogen-bond acceptors (Lipinski definition) is 1. The summed E-state index contributed by atoms with van der Waals surface area (Å²) in [6, 6.07) is 9.14. The van der Waals surface area contributed by atoms with Crippen LogP contribution in [0.15, 0.2) is 24.3 Å². The van der Waals surface area contributed by atoms with E-state index in [9.17, 15) is 0 Å². The van der Waals surface area contributed by atoms with Crippen molar-refractivity contribution in [3.05, 3.63) is 35.4 Å². The van der Waals surface area contributed by atoms with Gasteiger partial charge < -0.3 is 5.32 Å². The number of rotatable bonds is 6. The summed E-state index contributed by atoms with van der Waals surface area (Å²) in [5.74, 6) is 1.78. The third-order valence-electron chi connectivity index (χ3n) is 4.52. The number of hydrogen-bond donors (Lipinski definition) is 1. The van der Waals surface area contributed by atoms with Crippen LogP contribution in [0.5, 0.6) is 0 Å². The van der Waals surface area contributed by atoms with Gasteiger partial charge in [0.05, 0.1) is 0 Å². The maximum absolute atomic E-state index is 3.63. The SMILES string of the molecule is CCCNCC1CCCCC1Cc1ccc(C)cc1. The molecule has 1 saturated carbocycles. The molecule has 0 aromatic heterocycles. The van der Waals surface area contributed by atoms with E-state index in [4.69, 9.17) is 0 Å². The van der Waals surface area contributed by atoms with Crippen LogP contribution in [0, 0.1) is 18.8 Å². The van der Waals surface area contributed by atoms with Crippen molar-refractivity contribution in [1.29, 1.82) is 0 Å². The molecule has 0 bridgehead atoms. The van der Waals surface area contributed by atoms with E-state index < -0.39 is 0 Å². The maximum Gasteiger partial charge on any atom is -0.00178 e. The Labute approximate surface area is 118 Å². The first-order valence-electron chi connectivity index (χ1n) is 8.06. The minimum atomic E-state index is 0.890. The molecule has 2 unspecified atom stereocenters. The largest absolute Gasteiger partial charge is 0.316 e. The van der Waals surface area contributed by atoms with Crippen LogP contribution in [-0.4, -0.2) is 13.1 Å². The summed E-state index contributed by atoms with van der Waals surface area (Å²) >= 11 is 0. The standard InChI is InChI=1S/C18H29N/c1-3-12-19-14-18-7-5-4-6-17(18)13-16-10-8-15(2)9-11-16/h8-11,17-19H,3-7,12-14H2,1-2H3. The normalized spacial score (nSPS) is 23.5. The molecule has 0 aliphatic heterocycles. The van der Waals surface area contributed by atoms with Gasteiger partial charge in [-0.15, -0.1) is 0 Å². The molecular weight excluding hydrogens is 230 g/mol. The lowest BCUT2D eigenvalue weighted by Crippen LogP contribution is -2.32. The molecule has 1 nitrogen and oxygen atoms in total. The Morgan fingerprint density at radius 1 is 1.05 bits per heavy atom. The summed E-state index contributed by atoms with van der Waals surface area (Å²) < 4.78 is 0. The van der Waals surface area contributed by atoms with Crippen molar-refractivity contribution in [2.75, 3.05) is 13.1 Å². The summed E-state index contributed by atoms with van der Waals surface area (Å²) in [5, 5.41) is 3.63. The lowest BCUT2D eigenvalue weighted by molar-refractivity contribution is 0.229. The van der Waals surface area contributed by atoms with Gasteiger partial charge in [-0.2, -0.15) is 0 Å².